The Hall–Kier alpha value is -0.570. The van der Waals surface area contributed by atoms with Gasteiger partial charge in [0.05, 0.1) is 5.60 Å². The van der Waals surface area contributed by atoms with Crippen LogP contribution in [-0.2, 0) is 11.8 Å². The van der Waals surface area contributed by atoms with Gasteiger partial charge in [-0.1, -0.05) is 30.7 Å². The van der Waals surface area contributed by atoms with E-state index < -0.39 is 5.60 Å². The van der Waals surface area contributed by atoms with Crippen molar-refractivity contribution in [1.82, 2.24) is 5.32 Å². The maximum Gasteiger partial charge on any atom is 0.0620 e. The van der Waals surface area contributed by atoms with E-state index in [1.807, 2.05) is 6.92 Å². The van der Waals surface area contributed by atoms with Crippen molar-refractivity contribution in [3.63, 3.8) is 0 Å². The van der Waals surface area contributed by atoms with Crippen LogP contribution in [0.4, 0.5) is 0 Å². The van der Waals surface area contributed by atoms with Crippen molar-refractivity contribution < 1.29 is 5.11 Å². The molecule has 0 radical (unpaired) electrons. The molecule has 2 N–H and O–H groups in total. The Bertz CT molecular complexity index is 524. The molecule has 1 aromatic carbocycles. The van der Waals surface area contributed by atoms with Gasteiger partial charge in [-0.15, -0.1) is 0 Å². The van der Waals surface area contributed by atoms with Crippen LogP contribution in [0.2, 0.25) is 5.02 Å². The largest absolute Gasteiger partial charge is 0.390 e. The lowest BCUT2D eigenvalue weighted by Gasteiger charge is -2.47. The average Bonchev–Trinajstić information content (AvgIpc) is 3.03. The third-order valence-electron chi connectivity index (χ3n) is 6.06. The second-order valence-electron chi connectivity index (χ2n) is 7.50. The highest BCUT2D eigenvalue weighted by Gasteiger charge is 2.46. The lowest BCUT2D eigenvalue weighted by molar-refractivity contribution is -0.0105. The predicted molar refractivity (Wildman–Crippen MR) is 92.6 cm³/mol. The van der Waals surface area contributed by atoms with E-state index in [1.54, 1.807) is 0 Å². The van der Waals surface area contributed by atoms with E-state index in [9.17, 15) is 5.11 Å². The van der Waals surface area contributed by atoms with Crippen LogP contribution in [0.1, 0.15) is 57.1 Å². The second kappa shape index (κ2) is 6.14. The monoisotopic (exact) mass is 321 g/mol. The molecule has 0 amide bonds. The Morgan fingerprint density at radius 3 is 2.59 bits per heavy atom. The lowest BCUT2D eigenvalue weighted by atomic mass is 9.59. The van der Waals surface area contributed by atoms with Gasteiger partial charge in [0.1, 0.15) is 0 Å². The molecule has 3 rings (SSSR count). The molecule has 1 saturated heterocycles. The lowest BCUT2D eigenvalue weighted by Crippen LogP contribution is -2.45. The van der Waals surface area contributed by atoms with Crippen molar-refractivity contribution in [2.75, 3.05) is 13.1 Å². The predicted octanol–water partition coefficient (Wildman–Crippen LogP) is 4.07. The SMILES string of the molecule is CCc1cc(C2([C@H]3CCNC3)CCC(C)(O)CC2)ccc1Cl. The molecule has 1 atom stereocenters. The molecule has 1 heterocycles. The first-order chi connectivity index (χ1) is 10.5. The molecule has 0 bridgehead atoms. The fraction of sp³-hybridized carbons (Fsp3) is 0.684. The number of nitrogens with one attached hydrogen (secondary N) is 1. The van der Waals surface area contributed by atoms with Crippen LogP contribution < -0.4 is 5.32 Å². The maximum absolute atomic E-state index is 10.4. The van der Waals surface area contributed by atoms with E-state index in [0.29, 0.717) is 5.92 Å². The highest BCUT2D eigenvalue weighted by atomic mass is 35.5. The second-order valence-corrected chi connectivity index (χ2v) is 7.91. The van der Waals surface area contributed by atoms with E-state index in [-0.39, 0.29) is 5.41 Å². The Balaban J connectivity index is 1.98. The summed E-state index contributed by atoms with van der Waals surface area (Å²) < 4.78 is 0. The maximum atomic E-state index is 10.4. The Kier molecular flexibility index (Phi) is 4.55. The molecule has 0 unspecified atom stereocenters. The van der Waals surface area contributed by atoms with Gasteiger partial charge >= 0.3 is 0 Å². The van der Waals surface area contributed by atoms with Crippen LogP contribution in [0.3, 0.4) is 0 Å². The van der Waals surface area contributed by atoms with Crippen LogP contribution in [0, 0.1) is 5.92 Å². The highest BCUT2D eigenvalue weighted by molar-refractivity contribution is 6.31. The van der Waals surface area contributed by atoms with Crippen molar-refractivity contribution >= 4 is 11.6 Å². The topological polar surface area (TPSA) is 32.3 Å². The summed E-state index contributed by atoms with van der Waals surface area (Å²) in [6, 6.07) is 6.65. The van der Waals surface area contributed by atoms with E-state index in [1.165, 1.54) is 17.5 Å². The number of halogens is 1. The standard InChI is InChI=1S/C19H28ClNO/c1-3-14-12-15(4-5-17(14)20)19(16-6-11-21-13-16)9-7-18(2,22)8-10-19/h4-5,12,16,21-22H,3,6-11,13H2,1-2H3/t16-,18?,19?/m0/s1. The van der Waals surface area contributed by atoms with Crippen molar-refractivity contribution in [2.24, 2.45) is 5.92 Å². The van der Waals surface area contributed by atoms with Gasteiger partial charge in [-0.2, -0.15) is 0 Å². The van der Waals surface area contributed by atoms with Gasteiger partial charge in [0.25, 0.3) is 0 Å². The highest BCUT2D eigenvalue weighted by Crippen LogP contribution is 2.50. The smallest absolute Gasteiger partial charge is 0.0620 e. The molecule has 1 aliphatic heterocycles. The van der Waals surface area contributed by atoms with Crippen molar-refractivity contribution in [3.05, 3.63) is 34.3 Å². The van der Waals surface area contributed by atoms with E-state index in [2.05, 4.69) is 30.4 Å². The molecule has 2 fully saturated rings. The third-order valence-corrected chi connectivity index (χ3v) is 6.43. The zero-order valence-corrected chi connectivity index (χ0v) is 14.5. The summed E-state index contributed by atoms with van der Waals surface area (Å²) in [5.74, 6) is 0.675. The first kappa shape index (κ1) is 16.3. The summed E-state index contributed by atoms with van der Waals surface area (Å²) in [6.45, 7) is 6.38. The molecule has 22 heavy (non-hydrogen) atoms. The van der Waals surface area contributed by atoms with Crippen molar-refractivity contribution in [2.45, 2.75) is 63.4 Å². The summed E-state index contributed by atoms with van der Waals surface area (Å²) in [6.07, 6.45) is 6.17. The number of aliphatic hydroxyl groups is 1. The van der Waals surface area contributed by atoms with Crippen LogP contribution >= 0.6 is 11.6 Å². The Labute approximate surface area is 139 Å². The average molecular weight is 322 g/mol. The Morgan fingerprint density at radius 1 is 1.27 bits per heavy atom. The molecule has 0 aromatic heterocycles. The first-order valence-corrected chi connectivity index (χ1v) is 9.07. The van der Waals surface area contributed by atoms with E-state index in [0.717, 1.165) is 50.2 Å². The van der Waals surface area contributed by atoms with Gasteiger partial charge in [-0.25, -0.2) is 0 Å². The molecule has 2 nitrogen and oxygen atoms in total. The molecule has 1 aromatic rings. The van der Waals surface area contributed by atoms with Gasteiger partial charge in [0, 0.05) is 5.02 Å². The normalized spacial score (nSPS) is 35.7. The van der Waals surface area contributed by atoms with E-state index in [4.69, 9.17) is 11.6 Å². The zero-order chi connectivity index (χ0) is 15.8. The fourth-order valence-corrected chi connectivity index (χ4v) is 4.70. The first-order valence-electron chi connectivity index (χ1n) is 8.69. The minimum atomic E-state index is -0.491. The number of hydrogen-bond donors (Lipinski definition) is 2. The molecular weight excluding hydrogens is 294 g/mol. The van der Waals surface area contributed by atoms with Gasteiger partial charge in [0.2, 0.25) is 0 Å². The van der Waals surface area contributed by atoms with Gasteiger partial charge < -0.3 is 10.4 Å². The summed E-state index contributed by atoms with van der Waals surface area (Å²) in [7, 11) is 0. The Morgan fingerprint density at radius 2 is 2.00 bits per heavy atom. The number of benzene rings is 1. The summed E-state index contributed by atoms with van der Waals surface area (Å²) >= 11 is 6.33. The van der Waals surface area contributed by atoms with Gasteiger partial charge in [0.15, 0.2) is 0 Å². The molecule has 0 spiro atoms. The minimum Gasteiger partial charge on any atom is -0.390 e. The zero-order valence-electron chi connectivity index (χ0n) is 13.8. The molecule has 1 aliphatic carbocycles. The van der Waals surface area contributed by atoms with Crippen LogP contribution in [0.25, 0.3) is 0 Å². The number of aryl methyl sites for hydroxylation is 1. The quantitative estimate of drug-likeness (QED) is 0.879. The molecule has 2 aliphatic rings. The van der Waals surface area contributed by atoms with Crippen LogP contribution in [-0.4, -0.2) is 23.8 Å². The summed E-state index contributed by atoms with van der Waals surface area (Å²) in [5.41, 5.74) is 2.41. The van der Waals surface area contributed by atoms with Gasteiger partial charge in [-0.05, 0) is 87.1 Å². The molecule has 3 heteroatoms. The summed E-state index contributed by atoms with van der Waals surface area (Å²) in [4.78, 5) is 0. The van der Waals surface area contributed by atoms with Crippen molar-refractivity contribution in [3.8, 4) is 0 Å². The minimum absolute atomic E-state index is 0.209. The van der Waals surface area contributed by atoms with Crippen LogP contribution in [0.15, 0.2) is 18.2 Å². The molecule has 122 valence electrons. The number of hydrogen-bond acceptors (Lipinski definition) is 2. The number of rotatable bonds is 3. The van der Waals surface area contributed by atoms with E-state index >= 15 is 0 Å². The third kappa shape index (κ3) is 2.93. The molecular formula is C19H28ClNO. The molecule has 1 saturated carbocycles. The van der Waals surface area contributed by atoms with Gasteiger partial charge in [-0.3, -0.25) is 0 Å². The summed E-state index contributed by atoms with van der Waals surface area (Å²) in [5, 5.41) is 14.8. The van der Waals surface area contributed by atoms with Crippen LogP contribution in [0.5, 0.6) is 0 Å². The van der Waals surface area contributed by atoms with Crippen molar-refractivity contribution in [1.29, 1.82) is 0 Å². The fourth-order valence-electron chi connectivity index (χ4n) is 4.45.